The Kier molecular flexibility index (Phi) is 7.78. The molecule has 4 nitrogen and oxygen atoms in total. The van der Waals surface area contributed by atoms with Gasteiger partial charge in [0.15, 0.2) is 0 Å². The summed E-state index contributed by atoms with van der Waals surface area (Å²) in [5.41, 5.74) is 6.80. The first-order valence-electron chi connectivity index (χ1n) is 13.3. The van der Waals surface area contributed by atoms with Crippen molar-refractivity contribution in [2.45, 2.75) is 79.6 Å². The highest BCUT2D eigenvalue weighted by atomic mass is 32.1. The van der Waals surface area contributed by atoms with E-state index in [4.69, 9.17) is 9.82 Å². The Labute approximate surface area is 217 Å². The second kappa shape index (κ2) is 10.3. The third-order valence-corrected chi connectivity index (χ3v) is 9.14. The summed E-state index contributed by atoms with van der Waals surface area (Å²) in [6.45, 7) is 21.1. The van der Waals surface area contributed by atoms with Gasteiger partial charge in [0.2, 0.25) is 0 Å². The molecule has 2 fully saturated rings. The lowest BCUT2D eigenvalue weighted by molar-refractivity contribution is 0.211. The van der Waals surface area contributed by atoms with Gasteiger partial charge in [0.05, 0.1) is 16.4 Å². The van der Waals surface area contributed by atoms with Crippen LogP contribution in [-0.4, -0.2) is 42.3 Å². The molecule has 35 heavy (non-hydrogen) atoms. The predicted molar refractivity (Wildman–Crippen MR) is 150 cm³/mol. The van der Waals surface area contributed by atoms with E-state index in [2.05, 4.69) is 68.8 Å². The Morgan fingerprint density at radius 1 is 1.20 bits per heavy atom. The number of fused-ring (bicyclic) bond motifs is 1. The smallest absolute Gasteiger partial charge is 0.106 e. The van der Waals surface area contributed by atoms with E-state index in [1.807, 2.05) is 18.3 Å². The average molecular weight is 496 g/mol. The minimum Gasteiger partial charge on any atom is -0.399 e. The van der Waals surface area contributed by atoms with E-state index in [1.165, 1.54) is 41.1 Å². The molecule has 1 aromatic heterocycles. The van der Waals surface area contributed by atoms with E-state index < -0.39 is 0 Å². The number of nitrogens with zero attached hydrogens (tertiary/aromatic N) is 3. The van der Waals surface area contributed by atoms with Gasteiger partial charge in [0.1, 0.15) is 7.11 Å². The average Bonchev–Trinajstić information content (AvgIpc) is 3.43. The van der Waals surface area contributed by atoms with Gasteiger partial charge in [-0.1, -0.05) is 58.5 Å². The highest BCUT2D eigenvalue weighted by Gasteiger charge is 2.44. The Morgan fingerprint density at radius 3 is 2.57 bits per heavy atom. The molecule has 0 spiro atoms. The minimum atomic E-state index is 0.216. The molecule has 1 aliphatic heterocycles. The third kappa shape index (κ3) is 6.54. The molecule has 0 N–H and O–H groups in total. The van der Waals surface area contributed by atoms with Crippen LogP contribution < -0.4 is 0 Å². The van der Waals surface area contributed by atoms with Gasteiger partial charge in [-0.25, -0.2) is 4.98 Å². The number of hydrogen-bond acceptors (Lipinski definition) is 5. The fourth-order valence-corrected chi connectivity index (χ4v) is 6.36. The monoisotopic (exact) mass is 495 g/mol. The molecular weight excluding hydrogens is 450 g/mol. The molecular formula is C30H45N3OS. The maximum Gasteiger partial charge on any atom is 0.106 e. The van der Waals surface area contributed by atoms with Crippen LogP contribution in [0.1, 0.15) is 90.3 Å². The molecule has 192 valence electrons. The van der Waals surface area contributed by atoms with Crippen LogP contribution in [0.15, 0.2) is 40.4 Å². The fourth-order valence-electron chi connectivity index (χ4n) is 5.36. The van der Waals surface area contributed by atoms with Crippen LogP contribution in [0.3, 0.4) is 0 Å². The van der Waals surface area contributed by atoms with Gasteiger partial charge in [0, 0.05) is 17.8 Å². The lowest BCUT2D eigenvalue weighted by atomic mass is 9.73. The molecule has 0 amide bonds. The first kappa shape index (κ1) is 26.3. The number of rotatable bonds is 9. The number of thiazole rings is 1. The molecule has 2 unspecified atom stereocenters. The molecule has 1 saturated carbocycles. The second-order valence-electron chi connectivity index (χ2n) is 12.8. The molecule has 0 aromatic carbocycles. The van der Waals surface area contributed by atoms with Crippen LogP contribution in [-0.2, 0) is 4.84 Å². The largest absolute Gasteiger partial charge is 0.399 e. The summed E-state index contributed by atoms with van der Waals surface area (Å²) < 4.78 is 0. The molecule has 1 saturated heterocycles. The van der Waals surface area contributed by atoms with E-state index >= 15 is 0 Å². The van der Waals surface area contributed by atoms with Gasteiger partial charge in [-0.05, 0) is 91.5 Å². The van der Waals surface area contributed by atoms with Gasteiger partial charge in [-0.15, -0.1) is 11.3 Å². The first-order valence-corrected chi connectivity index (χ1v) is 14.2. The summed E-state index contributed by atoms with van der Waals surface area (Å²) in [7, 11) is 1.59. The number of aromatic nitrogens is 1. The van der Waals surface area contributed by atoms with Crippen LogP contribution in [0.2, 0.25) is 0 Å². The Morgan fingerprint density at radius 2 is 1.91 bits per heavy atom. The topological polar surface area (TPSA) is 37.7 Å². The number of allylic oxidation sites excluding steroid dienone is 4. The van der Waals surface area contributed by atoms with E-state index in [0.29, 0.717) is 17.3 Å². The zero-order chi connectivity index (χ0) is 25.4. The van der Waals surface area contributed by atoms with Crippen molar-refractivity contribution in [2.75, 3.05) is 26.7 Å². The summed E-state index contributed by atoms with van der Waals surface area (Å²) in [4.78, 5) is 12.6. The second-order valence-corrected chi connectivity index (χ2v) is 13.6. The van der Waals surface area contributed by atoms with Crippen molar-refractivity contribution >= 4 is 22.6 Å². The van der Waals surface area contributed by atoms with Crippen LogP contribution in [0, 0.1) is 22.7 Å². The molecule has 2 aliphatic carbocycles. The molecule has 3 aliphatic rings. The number of piperidine rings is 1. The highest BCUT2D eigenvalue weighted by molar-refractivity contribution is 7.09. The van der Waals surface area contributed by atoms with Crippen molar-refractivity contribution in [3.05, 3.63) is 46.0 Å². The Balaban J connectivity index is 1.39. The van der Waals surface area contributed by atoms with Crippen molar-refractivity contribution in [2.24, 2.45) is 27.8 Å². The fraction of sp³-hybridized carbons (Fsp3) is 0.667. The van der Waals surface area contributed by atoms with Crippen LogP contribution in [0.5, 0.6) is 0 Å². The minimum absolute atomic E-state index is 0.216. The Hall–Kier alpha value is -1.72. The predicted octanol–water partition coefficient (Wildman–Crippen LogP) is 7.71. The SMILES string of the molecule is C=C(CN1CCC(c2nc(C3=CC(C(C)(C)CCC(C)(C)C)=CC4CC34)cs2)CC1)/C(C)=N\OC. The van der Waals surface area contributed by atoms with Crippen molar-refractivity contribution in [1.82, 2.24) is 9.88 Å². The highest BCUT2D eigenvalue weighted by Crippen LogP contribution is 2.55. The molecule has 2 heterocycles. The lowest BCUT2D eigenvalue weighted by Crippen LogP contribution is -2.35. The van der Waals surface area contributed by atoms with Crippen molar-refractivity contribution < 1.29 is 4.84 Å². The van der Waals surface area contributed by atoms with Crippen molar-refractivity contribution in [3.63, 3.8) is 0 Å². The van der Waals surface area contributed by atoms with Crippen molar-refractivity contribution in [1.29, 1.82) is 0 Å². The summed E-state index contributed by atoms with van der Waals surface area (Å²) in [6, 6.07) is 0. The summed E-state index contributed by atoms with van der Waals surface area (Å²) >= 11 is 1.88. The molecule has 4 rings (SSSR count). The quantitative estimate of drug-likeness (QED) is 0.260. The zero-order valence-corrected chi connectivity index (χ0v) is 23.8. The Bertz CT molecular complexity index is 1010. The number of hydrogen-bond donors (Lipinski definition) is 0. The summed E-state index contributed by atoms with van der Waals surface area (Å²) in [5, 5.41) is 7.69. The van der Waals surface area contributed by atoms with Gasteiger partial charge >= 0.3 is 0 Å². The van der Waals surface area contributed by atoms with Crippen molar-refractivity contribution in [3.8, 4) is 0 Å². The van der Waals surface area contributed by atoms with Crippen LogP contribution in [0.25, 0.3) is 5.57 Å². The number of likely N-dealkylation sites (tertiary alicyclic amines) is 1. The van der Waals surface area contributed by atoms with E-state index in [1.54, 1.807) is 7.11 Å². The standard InChI is InChI=1S/C30H45N3OS/c1-20(21(2)32-34-8)18-33-13-9-22(10-14-33)28-31-27(19-35-28)26-17-24(15-23-16-25(23)26)30(6,7)12-11-29(3,4)5/h15,17,19,22-23,25H,1,9-14,16,18H2,2-8H3/b32-21-. The van der Waals surface area contributed by atoms with Gasteiger partial charge in [0.25, 0.3) is 0 Å². The zero-order valence-electron chi connectivity index (χ0n) is 23.0. The van der Waals surface area contributed by atoms with Gasteiger partial charge in [-0.2, -0.15) is 0 Å². The summed E-state index contributed by atoms with van der Waals surface area (Å²) in [5.74, 6) is 1.99. The van der Waals surface area contributed by atoms with Crippen LogP contribution in [0.4, 0.5) is 0 Å². The first-order chi connectivity index (χ1) is 16.5. The van der Waals surface area contributed by atoms with Gasteiger partial charge < -0.3 is 4.84 Å². The summed E-state index contributed by atoms with van der Waals surface area (Å²) in [6.07, 6.45) is 11.2. The molecule has 0 radical (unpaired) electrons. The maximum atomic E-state index is 5.23. The molecule has 0 bridgehead atoms. The maximum absolute atomic E-state index is 5.23. The van der Waals surface area contributed by atoms with Gasteiger partial charge in [-0.3, -0.25) is 4.90 Å². The van der Waals surface area contributed by atoms with E-state index in [-0.39, 0.29) is 5.41 Å². The lowest BCUT2D eigenvalue weighted by Gasteiger charge is -2.32. The third-order valence-electron chi connectivity index (χ3n) is 8.13. The molecule has 2 atom stereocenters. The molecule has 1 aromatic rings. The van der Waals surface area contributed by atoms with E-state index in [9.17, 15) is 0 Å². The normalized spacial score (nSPS) is 24.0. The van der Waals surface area contributed by atoms with E-state index in [0.717, 1.165) is 49.7 Å². The van der Waals surface area contributed by atoms with Crippen LogP contribution >= 0.6 is 11.3 Å². The number of oxime groups is 1. The molecule has 5 heteroatoms.